The van der Waals surface area contributed by atoms with Crippen LogP contribution in [0.5, 0.6) is 5.75 Å². The van der Waals surface area contributed by atoms with Gasteiger partial charge in [-0.1, -0.05) is 41.4 Å². The summed E-state index contributed by atoms with van der Waals surface area (Å²) in [7, 11) is 1.91. The van der Waals surface area contributed by atoms with Crippen molar-refractivity contribution < 1.29 is 4.74 Å². The van der Waals surface area contributed by atoms with Crippen molar-refractivity contribution in [3.05, 3.63) is 64.2 Å². The molecule has 0 amide bonds. The summed E-state index contributed by atoms with van der Waals surface area (Å²) in [6, 6.07) is 14.1. The third kappa shape index (κ3) is 4.71. The van der Waals surface area contributed by atoms with E-state index in [-0.39, 0.29) is 12.4 Å². The van der Waals surface area contributed by atoms with Crippen molar-refractivity contribution in [2.24, 2.45) is 0 Å². The van der Waals surface area contributed by atoms with Crippen LogP contribution in [-0.4, -0.2) is 7.05 Å². The molecule has 0 saturated carbocycles. The second-order valence-corrected chi connectivity index (χ2v) is 4.99. The Morgan fingerprint density at radius 3 is 2.45 bits per heavy atom. The van der Waals surface area contributed by atoms with E-state index >= 15 is 0 Å². The molecule has 0 aromatic heterocycles. The van der Waals surface area contributed by atoms with E-state index in [1.54, 1.807) is 0 Å². The highest BCUT2D eigenvalue weighted by atomic mass is 35.5. The monoisotopic (exact) mass is 311 g/mol. The maximum Gasteiger partial charge on any atom is 0.124 e. The fourth-order valence-electron chi connectivity index (χ4n) is 1.86. The first-order chi connectivity index (χ1) is 9.19. The van der Waals surface area contributed by atoms with Crippen LogP contribution < -0.4 is 10.1 Å². The van der Waals surface area contributed by atoms with Gasteiger partial charge in [0.2, 0.25) is 0 Å². The number of benzene rings is 2. The van der Waals surface area contributed by atoms with E-state index in [9.17, 15) is 0 Å². The molecule has 0 aliphatic carbocycles. The molecule has 108 valence electrons. The molecule has 0 aliphatic rings. The molecule has 0 heterocycles. The largest absolute Gasteiger partial charge is 0.489 e. The Balaban J connectivity index is 0.00000200. The van der Waals surface area contributed by atoms with Gasteiger partial charge in [0, 0.05) is 17.1 Å². The van der Waals surface area contributed by atoms with Crippen molar-refractivity contribution >= 4 is 24.0 Å². The van der Waals surface area contributed by atoms with Gasteiger partial charge < -0.3 is 10.1 Å². The Morgan fingerprint density at radius 1 is 1.10 bits per heavy atom. The van der Waals surface area contributed by atoms with Gasteiger partial charge in [-0.3, -0.25) is 0 Å². The molecule has 2 rings (SSSR count). The number of hydrogen-bond donors (Lipinski definition) is 1. The van der Waals surface area contributed by atoms with Crippen LogP contribution in [0.4, 0.5) is 0 Å². The third-order valence-electron chi connectivity index (χ3n) is 2.90. The summed E-state index contributed by atoms with van der Waals surface area (Å²) < 4.78 is 5.87. The van der Waals surface area contributed by atoms with Gasteiger partial charge in [0.05, 0.1) is 0 Å². The molecule has 0 radical (unpaired) electrons. The van der Waals surface area contributed by atoms with Crippen LogP contribution in [0.1, 0.15) is 16.7 Å². The Labute approximate surface area is 131 Å². The lowest BCUT2D eigenvalue weighted by Gasteiger charge is -2.12. The van der Waals surface area contributed by atoms with Gasteiger partial charge in [0.25, 0.3) is 0 Å². The number of ether oxygens (including phenoxy) is 1. The lowest BCUT2D eigenvalue weighted by molar-refractivity contribution is 0.302. The fraction of sp³-hybridized carbons (Fsp3) is 0.250. The molecule has 0 spiro atoms. The van der Waals surface area contributed by atoms with Gasteiger partial charge in [0.1, 0.15) is 12.4 Å². The third-order valence-corrected chi connectivity index (χ3v) is 3.14. The van der Waals surface area contributed by atoms with Crippen molar-refractivity contribution in [2.75, 3.05) is 7.05 Å². The predicted molar refractivity (Wildman–Crippen MR) is 87.0 cm³/mol. The number of rotatable bonds is 5. The van der Waals surface area contributed by atoms with E-state index in [4.69, 9.17) is 16.3 Å². The molecule has 4 heteroatoms. The van der Waals surface area contributed by atoms with Gasteiger partial charge in [-0.05, 0) is 37.7 Å². The highest BCUT2D eigenvalue weighted by Gasteiger charge is 2.04. The van der Waals surface area contributed by atoms with Gasteiger partial charge in [-0.2, -0.15) is 0 Å². The van der Waals surface area contributed by atoms with Crippen LogP contribution in [-0.2, 0) is 13.2 Å². The number of halogens is 2. The zero-order valence-corrected chi connectivity index (χ0v) is 13.2. The van der Waals surface area contributed by atoms with E-state index in [1.807, 2.05) is 25.2 Å². The Bertz CT molecular complexity index is 541. The molecule has 2 nitrogen and oxygen atoms in total. The molecule has 0 saturated heterocycles. The summed E-state index contributed by atoms with van der Waals surface area (Å²) in [4.78, 5) is 0. The summed E-state index contributed by atoms with van der Waals surface area (Å²) in [6.45, 7) is 3.39. The van der Waals surface area contributed by atoms with Gasteiger partial charge >= 0.3 is 0 Å². The van der Waals surface area contributed by atoms with Crippen LogP contribution in [0.15, 0.2) is 42.5 Å². The molecule has 0 atom stereocenters. The number of aryl methyl sites for hydroxylation is 1. The highest BCUT2D eigenvalue weighted by molar-refractivity contribution is 6.30. The summed E-state index contributed by atoms with van der Waals surface area (Å²) in [5.41, 5.74) is 3.49. The fourth-order valence-corrected chi connectivity index (χ4v) is 2.06. The van der Waals surface area contributed by atoms with E-state index in [0.717, 1.165) is 28.4 Å². The average Bonchev–Trinajstić information content (AvgIpc) is 2.40. The normalized spacial score (nSPS) is 9.95. The number of nitrogens with one attached hydrogen (secondary N) is 1. The van der Waals surface area contributed by atoms with Crippen LogP contribution in [0, 0.1) is 6.92 Å². The molecule has 2 aromatic carbocycles. The Morgan fingerprint density at radius 2 is 1.80 bits per heavy atom. The Kier molecular flexibility index (Phi) is 6.86. The second-order valence-electron chi connectivity index (χ2n) is 4.56. The summed E-state index contributed by atoms with van der Waals surface area (Å²) in [6.07, 6.45) is 0. The van der Waals surface area contributed by atoms with Crippen molar-refractivity contribution in [1.82, 2.24) is 5.32 Å². The minimum absolute atomic E-state index is 0. The molecule has 0 bridgehead atoms. The van der Waals surface area contributed by atoms with Crippen molar-refractivity contribution in [3.8, 4) is 5.75 Å². The van der Waals surface area contributed by atoms with Crippen LogP contribution in [0.25, 0.3) is 0 Å². The highest BCUT2D eigenvalue weighted by Crippen LogP contribution is 2.23. The molecule has 0 unspecified atom stereocenters. The molecular weight excluding hydrogens is 293 g/mol. The van der Waals surface area contributed by atoms with Gasteiger partial charge in [-0.15, -0.1) is 12.4 Å². The minimum Gasteiger partial charge on any atom is -0.489 e. The maximum absolute atomic E-state index is 6.00. The van der Waals surface area contributed by atoms with Crippen LogP contribution >= 0.6 is 24.0 Å². The van der Waals surface area contributed by atoms with Crippen LogP contribution in [0.2, 0.25) is 5.02 Å². The minimum atomic E-state index is 0. The van der Waals surface area contributed by atoms with E-state index in [1.165, 1.54) is 5.56 Å². The zero-order chi connectivity index (χ0) is 13.7. The maximum atomic E-state index is 6.00. The molecule has 2 aromatic rings. The summed E-state index contributed by atoms with van der Waals surface area (Å²) in [5, 5.41) is 3.85. The second kappa shape index (κ2) is 8.15. The quantitative estimate of drug-likeness (QED) is 0.885. The lowest BCUT2D eigenvalue weighted by Crippen LogP contribution is -2.07. The molecule has 20 heavy (non-hydrogen) atoms. The topological polar surface area (TPSA) is 21.3 Å². The van der Waals surface area contributed by atoms with Crippen molar-refractivity contribution in [2.45, 2.75) is 20.1 Å². The zero-order valence-electron chi connectivity index (χ0n) is 11.7. The molecular formula is C16H19Cl2NO. The number of hydrogen-bond acceptors (Lipinski definition) is 2. The van der Waals surface area contributed by atoms with E-state index < -0.39 is 0 Å². The molecule has 0 fully saturated rings. The average molecular weight is 312 g/mol. The predicted octanol–water partition coefficient (Wildman–Crippen LogP) is 4.37. The van der Waals surface area contributed by atoms with Gasteiger partial charge in [-0.25, -0.2) is 0 Å². The smallest absolute Gasteiger partial charge is 0.124 e. The van der Waals surface area contributed by atoms with Crippen molar-refractivity contribution in [1.29, 1.82) is 0 Å². The summed E-state index contributed by atoms with van der Waals surface area (Å²) in [5.74, 6) is 0.874. The summed E-state index contributed by atoms with van der Waals surface area (Å²) >= 11 is 6.00. The first-order valence-corrected chi connectivity index (χ1v) is 6.68. The Hall–Kier alpha value is -1.22. The lowest BCUT2D eigenvalue weighted by atomic mass is 10.1. The first-order valence-electron chi connectivity index (χ1n) is 6.30. The molecule has 1 N–H and O–H groups in total. The van der Waals surface area contributed by atoms with E-state index in [0.29, 0.717) is 6.61 Å². The van der Waals surface area contributed by atoms with Gasteiger partial charge in [0.15, 0.2) is 0 Å². The first kappa shape index (κ1) is 16.8. The van der Waals surface area contributed by atoms with Crippen LogP contribution in [0.3, 0.4) is 0 Å². The molecule has 0 aliphatic heterocycles. The van der Waals surface area contributed by atoms with E-state index in [2.05, 4.69) is 36.5 Å². The SMILES string of the molecule is CNCc1cc(Cl)ccc1OCc1ccc(C)cc1.Cl. The van der Waals surface area contributed by atoms with Crippen molar-refractivity contribution in [3.63, 3.8) is 0 Å². The standard InChI is InChI=1S/C16H18ClNO.ClH/c1-12-3-5-13(6-4-12)11-19-16-8-7-15(17)9-14(16)10-18-2;/h3-9,18H,10-11H2,1-2H3;1H.